The van der Waals surface area contributed by atoms with Gasteiger partial charge in [-0.05, 0) is 19.3 Å². The van der Waals surface area contributed by atoms with E-state index in [1.165, 1.54) is 0 Å². The molecular formula is C12H23NO3. The van der Waals surface area contributed by atoms with Gasteiger partial charge in [0.15, 0.2) is 0 Å². The molecule has 1 amide bonds. The number of hydrogen-bond donors (Lipinski definition) is 2. The fourth-order valence-corrected chi connectivity index (χ4v) is 1.41. The average molecular weight is 229 g/mol. The highest BCUT2D eigenvalue weighted by Crippen LogP contribution is 2.05. The van der Waals surface area contributed by atoms with Crippen LogP contribution in [0.3, 0.4) is 0 Å². The Labute approximate surface area is 97.4 Å². The molecule has 0 unspecified atom stereocenters. The smallest absolute Gasteiger partial charge is 0.303 e. The van der Waals surface area contributed by atoms with Gasteiger partial charge in [-0.15, -0.1) is 0 Å². The number of amides is 1. The van der Waals surface area contributed by atoms with Gasteiger partial charge in [-0.1, -0.05) is 26.2 Å². The topological polar surface area (TPSA) is 66.4 Å². The Morgan fingerprint density at radius 1 is 1.00 bits per heavy atom. The van der Waals surface area contributed by atoms with Crippen LogP contribution in [0.5, 0.6) is 0 Å². The zero-order chi connectivity index (χ0) is 12.2. The van der Waals surface area contributed by atoms with E-state index in [1.54, 1.807) is 0 Å². The number of carboxylic acid groups (broad SMARTS) is 1. The summed E-state index contributed by atoms with van der Waals surface area (Å²) in [7, 11) is 0. The molecule has 0 aromatic rings. The summed E-state index contributed by atoms with van der Waals surface area (Å²) in [5.74, 6) is -0.621. The lowest BCUT2D eigenvalue weighted by Crippen LogP contribution is -2.23. The van der Waals surface area contributed by atoms with Gasteiger partial charge < -0.3 is 10.4 Å². The normalized spacial score (nSPS) is 10.1. The Morgan fingerprint density at radius 2 is 1.62 bits per heavy atom. The second kappa shape index (κ2) is 10.5. The van der Waals surface area contributed by atoms with Crippen LogP contribution in [0.25, 0.3) is 0 Å². The first-order valence-electron chi connectivity index (χ1n) is 6.15. The van der Waals surface area contributed by atoms with Crippen LogP contribution < -0.4 is 5.32 Å². The highest BCUT2D eigenvalue weighted by atomic mass is 16.4. The fourth-order valence-electron chi connectivity index (χ4n) is 1.41. The van der Waals surface area contributed by atoms with Gasteiger partial charge >= 0.3 is 5.97 Å². The molecule has 4 heteroatoms. The van der Waals surface area contributed by atoms with Crippen molar-refractivity contribution in [1.82, 2.24) is 5.32 Å². The van der Waals surface area contributed by atoms with Crippen LogP contribution in [-0.2, 0) is 9.59 Å². The van der Waals surface area contributed by atoms with Crippen molar-refractivity contribution in [3.8, 4) is 0 Å². The molecule has 0 rings (SSSR count). The molecule has 0 saturated carbocycles. The molecule has 0 aromatic carbocycles. The first-order valence-corrected chi connectivity index (χ1v) is 6.15. The molecule has 4 nitrogen and oxygen atoms in total. The van der Waals surface area contributed by atoms with Crippen LogP contribution in [0.15, 0.2) is 0 Å². The van der Waals surface area contributed by atoms with E-state index in [1.807, 2.05) is 0 Å². The molecule has 0 saturated heterocycles. The largest absolute Gasteiger partial charge is 0.481 e. The number of hydrogen-bond acceptors (Lipinski definition) is 2. The predicted molar refractivity (Wildman–Crippen MR) is 63.3 cm³/mol. The molecule has 0 aliphatic carbocycles. The van der Waals surface area contributed by atoms with E-state index in [9.17, 15) is 9.59 Å². The van der Waals surface area contributed by atoms with Crippen molar-refractivity contribution in [2.75, 3.05) is 6.54 Å². The predicted octanol–water partition coefficient (Wildman–Crippen LogP) is 2.33. The van der Waals surface area contributed by atoms with Crippen LogP contribution in [0.2, 0.25) is 0 Å². The van der Waals surface area contributed by atoms with E-state index in [0.29, 0.717) is 12.8 Å². The molecule has 0 aromatic heterocycles. The van der Waals surface area contributed by atoms with E-state index in [2.05, 4.69) is 12.2 Å². The van der Waals surface area contributed by atoms with E-state index in [4.69, 9.17) is 5.11 Å². The Bertz CT molecular complexity index is 204. The van der Waals surface area contributed by atoms with E-state index < -0.39 is 5.97 Å². The van der Waals surface area contributed by atoms with Crippen molar-refractivity contribution in [1.29, 1.82) is 0 Å². The van der Waals surface area contributed by atoms with Crippen molar-refractivity contribution in [2.24, 2.45) is 0 Å². The van der Waals surface area contributed by atoms with E-state index >= 15 is 0 Å². The van der Waals surface area contributed by atoms with Gasteiger partial charge in [0.05, 0.1) is 0 Å². The van der Waals surface area contributed by atoms with Gasteiger partial charge in [0.1, 0.15) is 0 Å². The molecule has 2 N–H and O–H groups in total. The van der Waals surface area contributed by atoms with E-state index in [0.717, 1.165) is 38.6 Å². The SMILES string of the molecule is CCCCNC(=O)CCCCCCC(=O)O. The zero-order valence-electron chi connectivity index (χ0n) is 10.1. The lowest BCUT2D eigenvalue weighted by molar-refractivity contribution is -0.137. The Kier molecular flexibility index (Phi) is 9.76. The van der Waals surface area contributed by atoms with Crippen molar-refractivity contribution >= 4 is 11.9 Å². The van der Waals surface area contributed by atoms with Crippen LogP contribution in [0.4, 0.5) is 0 Å². The minimum absolute atomic E-state index is 0.117. The third kappa shape index (κ3) is 11.0. The second-order valence-corrected chi connectivity index (χ2v) is 4.01. The van der Waals surface area contributed by atoms with Crippen LogP contribution in [0.1, 0.15) is 58.3 Å². The van der Waals surface area contributed by atoms with Gasteiger partial charge in [0, 0.05) is 19.4 Å². The first-order chi connectivity index (χ1) is 7.66. The van der Waals surface area contributed by atoms with E-state index in [-0.39, 0.29) is 12.3 Å². The summed E-state index contributed by atoms with van der Waals surface area (Å²) < 4.78 is 0. The number of carbonyl (C=O) groups excluding carboxylic acids is 1. The number of aliphatic carboxylic acids is 1. The second-order valence-electron chi connectivity index (χ2n) is 4.01. The van der Waals surface area contributed by atoms with Crippen LogP contribution in [-0.4, -0.2) is 23.5 Å². The number of rotatable bonds is 10. The minimum atomic E-state index is -0.739. The van der Waals surface area contributed by atoms with Gasteiger partial charge in [0.25, 0.3) is 0 Å². The van der Waals surface area contributed by atoms with Crippen molar-refractivity contribution in [2.45, 2.75) is 58.3 Å². The standard InChI is InChI=1S/C12H23NO3/c1-2-3-10-13-11(14)8-6-4-5-7-9-12(15)16/h2-10H2,1H3,(H,13,14)(H,15,16). The first kappa shape index (κ1) is 14.9. The maximum Gasteiger partial charge on any atom is 0.303 e. The Balaban J connectivity index is 3.18. The van der Waals surface area contributed by atoms with Crippen LogP contribution >= 0.6 is 0 Å². The number of carboxylic acids is 1. The third-order valence-electron chi connectivity index (χ3n) is 2.40. The highest BCUT2D eigenvalue weighted by molar-refractivity contribution is 5.75. The maximum absolute atomic E-state index is 11.3. The van der Waals surface area contributed by atoms with Gasteiger partial charge in [-0.25, -0.2) is 0 Å². The maximum atomic E-state index is 11.3. The van der Waals surface area contributed by atoms with Gasteiger partial charge in [-0.2, -0.15) is 0 Å². The average Bonchev–Trinajstić information content (AvgIpc) is 2.23. The number of nitrogens with one attached hydrogen (secondary N) is 1. The monoisotopic (exact) mass is 229 g/mol. The lowest BCUT2D eigenvalue weighted by Gasteiger charge is -2.03. The van der Waals surface area contributed by atoms with Crippen molar-refractivity contribution in [3.05, 3.63) is 0 Å². The quantitative estimate of drug-likeness (QED) is 0.565. The zero-order valence-corrected chi connectivity index (χ0v) is 10.1. The summed E-state index contributed by atoms with van der Waals surface area (Å²) in [5.41, 5.74) is 0. The summed E-state index contributed by atoms with van der Waals surface area (Å²) in [4.78, 5) is 21.5. The molecule has 0 atom stereocenters. The Morgan fingerprint density at radius 3 is 2.19 bits per heavy atom. The summed E-state index contributed by atoms with van der Waals surface area (Å²) >= 11 is 0. The molecule has 0 radical (unpaired) electrons. The Hall–Kier alpha value is -1.06. The summed E-state index contributed by atoms with van der Waals surface area (Å²) in [6.45, 7) is 2.86. The highest BCUT2D eigenvalue weighted by Gasteiger charge is 2.00. The molecule has 0 spiro atoms. The minimum Gasteiger partial charge on any atom is -0.481 e. The molecule has 16 heavy (non-hydrogen) atoms. The molecule has 0 fully saturated rings. The summed E-state index contributed by atoms with van der Waals surface area (Å²) in [6, 6.07) is 0. The lowest BCUT2D eigenvalue weighted by atomic mass is 10.1. The summed E-state index contributed by atoms with van der Waals surface area (Å²) in [6.07, 6.45) is 6.34. The third-order valence-corrected chi connectivity index (χ3v) is 2.40. The molecule has 0 aliphatic heterocycles. The molecule has 0 aliphatic rings. The van der Waals surface area contributed by atoms with Crippen LogP contribution in [0, 0.1) is 0 Å². The van der Waals surface area contributed by atoms with Gasteiger partial charge in [0.2, 0.25) is 5.91 Å². The van der Waals surface area contributed by atoms with Crippen molar-refractivity contribution in [3.63, 3.8) is 0 Å². The van der Waals surface area contributed by atoms with Gasteiger partial charge in [-0.3, -0.25) is 9.59 Å². The van der Waals surface area contributed by atoms with Crippen molar-refractivity contribution < 1.29 is 14.7 Å². The summed E-state index contributed by atoms with van der Waals surface area (Å²) in [5, 5.41) is 11.3. The number of unbranched alkanes of at least 4 members (excludes halogenated alkanes) is 4. The molecular weight excluding hydrogens is 206 g/mol. The molecule has 0 heterocycles. The molecule has 0 bridgehead atoms. The fraction of sp³-hybridized carbons (Fsp3) is 0.833. The number of carbonyl (C=O) groups is 2. The molecule has 94 valence electrons.